The van der Waals surface area contributed by atoms with Crippen molar-refractivity contribution in [2.24, 2.45) is 0 Å². The van der Waals surface area contributed by atoms with E-state index in [-0.39, 0.29) is 11.7 Å². The monoisotopic (exact) mass is 424 g/mol. The van der Waals surface area contributed by atoms with Gasteiger partial charge in [-0.1, -0.05) is 29.4 Å². The third-order valence-electron chi connectivity index (χ3n) is 4.75. The second kappa shape index (κ2) is 7.05. The predicted molar refractivity (Wildman–Crippen MR) is 105 cm³/mol. The summed E-state index contributed by atoms with van der Waals surface area (Å²) in [6.45, 7) is 0. The summed E-state index contributed by atoms with van der Waals surface area (Å²) >= 11 is 0. The quantitative estimate of drug-likeness (QED) is 0.355. The van der Waals surface area contributed by atoms with Crippen molar-refractivity contribution in [1.82, 2.24) is 20.1 Å². The van der Waals surface area contributed by atoms with E-state index in [0.29, 0.717) is 33.8 Å². The van der Waals surface area contributed by atoms with Crippen molar-refractivity contribution < 1.29 is 22.1 Å². The van der Waals surface area contributed by atoms with Crippen LogP contribution in [0.4, 0.5) is 17.6 Å². The van der Waals surface area contributed by atoms with Crippen LogP contribution in [0.5, 0.6) is 0 Å². The van der Waals surface area contributed by atoms with Crippen molar-refractivity contribution in [1.29, 1.82) is 0 Å². The van der Waals surface area contributed by atoms with Crippen molar-refractivity contribution in [3.63, 3.8) is 0 Å². The number of imidazole rings is 1. The zero-order chi connectivity index (χ0) is 21.6. The number of nitrogens with one attached hydrogen (secondary N) is 1. The summed E-state index contributed by atoms with van der Waals surface area (Å²) in [7, 11) is 0. The van der Waals surface area contributed by atoms with Crippen molar-refractivity contribution >= 4 is 11.0 Å². The van der Waals surface area contributed by atoms with Gasteiger partial charge < -0.3 is 9.51 Å². The fraction of sp³-hybridized carbons (Fsp3) is 0.0455. The van der Waals surface area contributed by atoms with Gasteiger partial charge in [-0.2, -0.15) is 18.2 Å². The number of aromatic amines is 1. The third kappa shape index (κ3) is 3.65. The average molecular weight is 424 g/mol. The molecule has 0 saturated heterocycles. The van der Waals surface area contributed by atoms with E-state index in [2.05, 4.69) is 20.1 Å². The van der Waals surface area contributed by atoms with E-state index >= 15 is 0 Å². The molecule has 154 valence electrons. The minimum atomic E-state index is -4.41. The highest BCUT2D eigenvalue weighted by molar-refractivity contribution is 5.79. The van der Waals surface area contributed by atoms with E-state index in [1.54, 1.807) is 30.3 Å². The number of hydrogen-bond acceptors (Lipinski definition) is 4. The first-order valence-corrected chi connectivity index (χ1v) is 9.14. The second-order valence-electron chi connectivity index (χ2n) is 6.82. The number of halogens is 4. The molecule has 2 heterocycles. The molecule has 0 bridgehead atoms. The summed E-state index contributed by atoms with van der Waals surface area (Å²) < 4.78 is 56.7. The predicted octanol–water partition coefficient (Wildman–Crippen LogP) is 6.10. The Bertz CT molecular complexity index is 1370. The topological polar surface area (TPSA) is 67.6 Å². The smallest absolute Gasteiger partial charge is 0.338 e. The van der Waals surface area contributed by atoms with Crippen LogP contribution in [0.3, 0.4) is 0 Å². The minimum absolute atomic E-state index is 0.118. The Morgan fingerprint density at radius 3 is 2.16 bits per heavy atom. The molecule has 0 spiro atoms. The average Bonchev–Trinajstić information content (AvgIpc) is 3.40. The zero-order valence-electron chi connectivity index (χ0n) is 15.6. The molecule has 0 aliphatic rings. The molecular weight excluding hydrogens is 412 g/mol. The lowest BCUT2D eigenvalue weighted by Crippen LogP contribution is -2.03. The fourth-order valence-electron chi connectivity index (χ4n) is 3.16. The summed E-state index contributed by atoms with van der Waals surface area (Å²) in [6.07, 6.45) is -4.41. The van der Waals surface area contributed by atoms with Gasteiger partial charge in [0.2, 0.25) is 5.82 Å². The zero-order valence-corrected chi connectivity index (χ0v) is 15.6. The maximum absolute atomic E-state index is 13.4. The molecule has 9 heteroatoms. The van der Waals surface area contributed by atoms with Crippen LogP contribution in [0.2, 0.25) is 0 Å². The summed E-state index contributed by atoms with van der Waals surface area (Å²) in [5.41, 5.74) is 2.33. The van der Waals surface area contributed by atoms with Crippen LogP contribution in [0, 0.1) is 5.82 Å². The molecule has 5 aromatic rings. The van der Waals surface area contributed by atoms with E-state index in [4.69, 9.17) is 4.52 Å². The number of benzene rings is 3. The van der Waals surface area contributed by atoms with E-state index in [1.807, 2.05) is 0 Å². The van der Waals surface area contributed by atoms with E-state index in [1.165, 1.54) is 24.3 Å². The molecule has 0 atom stereocenters. The van der Waals surface area contributed by atoms with Crippen LogP contribution in [0.25, 0.3) is 45.3 Å². The van der Waals surface area contributed by atoms with Gasteiger partial charge in [0, 0.05) is 16.7 Å². The van der Waals surface area contributed by atoms with E-state index < -0.39 is 11.7 Å². The Kier molecular flexibility index (Phi) is 4.32. The SMILES string of the molecule is Fc1ccc2nc(-c3ccc(-c4noc(-c5ccc(C(F)(F)F)cc5)n4)cc3)[nH]c2c1. The van der Waals surface area contributed by atoms with Gasteiger partial charge in [-0.15, -0.1) is 0 Å². The second-order valence-corrected chi connectivity index (χ2v) is 6.82. The molecule has 2 aromatic heterocycles. The van der Waals surface area contributed by atoms with Gasteiger partial charge in [0.1, 0.15) is 11.6 Å². The molecule has 0 aliphatic heterocycles. The Morgan fingerprint density at radius 1 is 0.774 bits per heavy atom. The molecular formula is C22H12F4N4O. The highest BCUT2D eigenvalue weighted by Gasteiger charge is 2.30. The number of rotatable bonds is 3. The van der Waals surface area contributed by atoms with Crippen LogP contribution in [-0.2, 0) is 6.18 Å². The lowest BCUT2D eigenvalue weighted by atomic mass is 10.1. The number of aromatic nitrogens is 4. The molecule has 5 rings (SSSR count). The highest BCUT2D eigenvalue weighted by atomic mass is 19.4. The van der Waals surface area contributed by atoms with E-state index in [0.717, 1.165) is 17.7 Å². The minimum Gasteiger partial charge on any atom is -0.338 e. The lowest BCUT2D eigenvalue weighted by molar-refractivity contribution is -0.137. The van der Waals surface area contributed by atoms with Gasteiger partial charge in [-0.25, -0.2) is 9.37 Å². The number of alkyl halides is 3. The molecule has 0 aliphatic carbocycles. The van der Waals surface area contributed by atoms with Crippen molar-refractivity contribution in [2.45, 2.75) is 6.18 Å². The van der Waals surface area contributed by atoms with Crippen LogP contribution in [-0.4, -0.2) is 20.1 Å². The summed E-state index contributed by atoms with van der Waals surface area (Å²) in [5, 5.41) is 3.91. The van der Waals surface area contributed by atoms with Gasteiger partial charge in [0.05, 0.1) is 16.6 Å². The molecule has 0 fully saturated rings. The van der Waals surface area contributed by atoms with Gasteiger partial charge in [0.25, 0.3) is 5.89 Å². The Labute approximate surface area is 172 Å². The van der Waals surface area contributed by atoms with Crippen LogP contribution in [0.15, 0.2) is 71.3 Å². The van der Waals surface area contributed by atoms with Gasteiger partial charge in [-0.3, -0.25) is 0 Å². The number of nitrogens with zero attached hydrogens (tertiary/aromatic N) is 3. The standard InChI is InChI=1S/C22H12F4N4O/c23-16-9-10-17-18(11-16)28-19(27-17)12-1-3-13(4-2-12)20-29-21(31-30-20)14-5-7-15(8-6-14)22(24,25)26/h1-11H,(H,27,28). The molecule has 1 N–H and O–H groups in total. The summed E-state index contributed by atoms with van der Waals surface area (Å²) in [6, 6.07) is 16.0. The molecule has 0 unspecified atom stereocenters. The summed E-state index contributed by atoms with van der Waals surface area (Å²) in [5.74, 6) is 0.657. The highest BCUT2D eigenvalue weighted by Crippen LogP contribution is 2.31. The van der Waals surface area contributed by atoms with Crippen molar-refractivity contribution in [2.75, 3.05) is 0 Å². The van der Waals surface area contributed by atoms with Gasteiger partial charge in [-0.05, 0) is 42.5 Å². The lowest BCUT2D eigenvalue weighted by Gasteiger charge is -2.05. The van der Waals surface area contributed by atoms with Gasteiger partial charge >= 0.3 is 6.18 Å². The first-order valence-electron chi connectivity index (χ1n) is 9.14. The maximum Gasteiger partial charge on any atom is 0.416 e. The fourth-order valence-corrected chi connectivity index (χ4v) is 3.16. The largest absolute Gasteiger partial charge is 0.416 e. The third-order valence-corrected chi connectivity index (χ3v) is 4.75. The van der Waals surface area contributed by atoms with Crippen molar-refractivity contribution in [3.05, 3.63) is 78.1 Å². The summed E-state index contributed by atoms with van der Waals surface area (Å²) in [4.78, 5) is 11.8. The molecule has 0 saturated carbocycles. The normalized spacial score (nSPS) is 11.9. The van der Waals surface area contributed by atoms with E-state index in [9.17, 15) is 17.6 Å². The first kappa shape index (κ1) is 19.0. The number of fused-ring (bicyclic) bond motifs is 1. The van der Waals surface area contributed by atoms with Crippen molar-refractivity contribution in [3.8, 4) is 34.2 Å². The Balaban J connectivity index is 1.39. The molecule has 5 nitrogen and oxygen atoms in total. The van der Waals surface area contributed by atoms with Crippen LogP contribution >= 0.6 is 0 Å². The van der Waals surface area contributed by atoms with Gasteiger partial charge in [0.15, 0.2) is 0 Å². The van der Waals surface area contributed by atoms with Crippen LogP contribution in [0.1, 0.15) is 5.56 Å². The Morgan fingerprint density at radius 2 is 1.45 bits per heavy atom. The molecule has 31 heavy (non-hydrogen) atoms. The maximum atomic E-state index is 13.4. The first-order chi connectivity index (χ1) is 14.9. The molecule has 3 aromatic carbocycles. The van der Waals surface area contributed by atoms with Crippen LogP contribution < -0.4 is 0 Å². The molecule has 0 radical (unpaired) electrons. The Hall–Kier alpha value is -4.01. The molecule has 0 amide bonds. The number of hydrogen-bond donors (Lipinski definition) is 1. The number of H-pyrrole nitrogens is 1.